The van der Waals surface area contributed by atoms with Gasteiger partial charge in [0.2, 0.25) is 10.8 Å². The van der Waals surface area contributed by atoms with Crippen LogP contribution >= 0.6 is 22.9 Å². The largest absolute Gasteiger partial charge is 0.492 e. The lowest BCUT2D eigenvalue weighted by molar-refractivity contribution is -0.150. The molecule has 0 spiro atoms. The Labute approximate surface area is 177 Å². The highest BCUT2D eigenvalue weighted by Crippen LogP contribution is 2.43. The normalized spacial score (nSPS) is 18.8. The number of carbonyl (C=O) groups is 1. The predicted molar refractivity (Wildman–Crippen MR) is 111 cm³/mol. The molecule has 0 radical (unpaired) electrons. The first-order valence-electron chi connectivity index (χ1n) is 9.69. The molecule has 0 bridgehead atoms. The van der Waals surface area contributed by atoms with Gasteiger partial charge in [0.1, 0.15) is 5.82 Å². The second-order valence-electron chi connectivity index (χ2n) is 7.15. The second kappa shape index (κ2) is 8.30. The number of rotatable bonds is 5. The molecule has 7 nitrogen and oxygen atoms in total. The molecule has 1 aliphatic rings. The molecule has 29 heavy (non-hydrogen) atoms. The molecule has 1 fully saturated rings. The van der Waals surface area contributed by atoms with Crippen molar-refractivity contribution in [3.8, 4) is 5.88 Å². The average molecular weight is 435 g/mol. The number of fused-ring (bicyclic) bond motifs is 1. The van der Waals surface area contributed by atoms with Gasteiger partial charge >= 0.3 is 5.97 Å². The maximum atomic E-state index is 12.4. The van der Waals surface area contributed by atoms with Crippen LogP contribution in [0, 0.1) is 12.8 Å². The number of esters is 1. The molecule has 2 atom stereocenters. The summed E-state index contributed by atoms with van der Waals surface area (Å²) in [4.78, 5) is 20.3. The van der Waals surface area contributed by atoms with Gasteiger partial charge in [0, 0.05) is 11.6 Å². The summed E-state index contributed by atoms with van der Waals surface area (Å²) in [5.41, 5.74) is 0.884. The summed E-state index contributed by atoms with van der Waals surface area (Å²) in [5.74, 6) is 0.305. The second-order valence-corrected chi connectivity index (χ2v) is 8.57. The van der Waals surface area contributed by atoms with Crippen molar-refractivity contribution < 1.29 is 14.6 Å². The van der Waals surface area contributed by atoms with Gasteiger partial charge in [-0.05, 0) is 44.9 Å². The molecule has 3 aromatic rings. The zero-order valence-electron chi connectivity index (χ0n) is 16.3. The van der Waals surface area contributed by atoms with Crippen LogP contribution < -0.4 is 0 Å². The van der Waals surface area contributed by atoms with Crippen molar-refractivity contribution in [2.75, 3.05) is 19.7 Å². The summed E-state index contributed by atoms with van der Waals surface area (Å²) < 4.78 is 6.72. The van der Waals surface area contributed by atoms with E-state index in [1.54, 1.807) is 6.92 Å². The minimum atomic E-state index is -0.297. The zero-order chi connectivity index (χ0) is 20.5. The van der Waals surface area contributed by atoms with Gasteiger partial charge in [-0.15, -0.1) is 5.10 Å². The van der Waals surface area contributed by atoms with Crippen LogP contribution in [0.1, 0.15) is 42.1 Å². The number of thiazole rings is 1. The van der Waals surface area contributed by atoms with Crippen LogP contribution in [0.15, 0.2) is 24.3 Å². The van der Waals surface area contributed by atoms with Crippen molar-refractivity contribution in [2.24, 2.45) is 5.92 Å². The van der Waals surface area contributed by atoms with Crippen molar-refractivity contribution in [3.63, 3.8) is 0 Å². The summed E-state index contributed by atoms with van der Waals surface area (Å²) in [6, 6.07) is 7.32. The zero-order valence-corrected chi connectivity index (χ0v) is 17.9. The molecule has 1 aromatic carbocycles. The smallest absolute Gasteiger partial charge is 0.310 e. The number of hydrogen-bond acceptors (Lipinski definition) is 7. The Morgan fingerprint density at radius 3 is 2.97 bits per heavy atom. The van der Waals surface area contributed by atoms with Gasteiger partial charge < -0.3 is 9.84 Å². The molecule has 9 heteroatoms. The van der Waals surface area contributed by atoms with Gasteiger partial charge in [-0.3, -0.25) is 9.69 Å². The fourth-order valence-corrected chi connectivity index (χ4v) is 5.31. The van der Waals surface area contributed by atoms with E-state index in [0.717, 1.165) is 29.8 Å². The van der Waals surface area contributed by atoms with E-state index in [0.29, 0.717) is 29.0 Å². The quantitative estimate of drug-likeness (QED) is 0.615. The van der Waals surface area contributed by atoms with Gasteiger partial charge in [0.05, 0.1) is 23.4 Å². The molecule has 1 N–H and O–H groups in total. The lowest BCUT2D eigenvalue weighted by Crippen LogP contribution is -2.41. The van der Waals surface area contributed by atoms with E-state index in [-0.39, 0.29) is 23.8 Å². The minimum Gasteiger partial charge on any atom is -0.492 e. The highest BCUT2D eigenvalue weighted by atomic mass is 35.5. The van der Waals surface area contributed by atoms with Crippen molar-refractivity contribution in [1.29, 1.82) is 0 Å². The van der Waals surface area contributed by atoms with Gasteiger partial charge in [-0.1, -0.05) is 41.1 Å². The number of aromatic hydroxyl groups is 1. The lowest BCUT2D eigenvalue weighted by atomic mass is 9.94. The number of nitrogens with zero attached hydrogens (tertiary/aromatic N) is 4. The molecule has 0 amide bonds. The highest BCUT2D eigenvalue weighted by molar-refractivity contribution is 7.17. The highest BCUT2D eigenvalue weighted by Gasteiger charge is 2.36. The fraction of sp³-hybridized carbons (Fsp3) is 0.450. The Balaban J connectivity index is 1.76. The van der Waals surface area contributed by atoms with Crippen LogP contribution in [0.25, 0.3) is 4.96 Å². The first kappa shape index (κ1) is 20.1. The van der Waals surface area contributed by atoms with Crippen LogP contribution in [0.4, 0.5) is 0 Å². The predicted octanol–water partition coefficient (Wildman–Crippen LogP) is 3.82. The van der Waals surface area contributed by atoms with Crippen LogP contribution in [-0.4, -0.2) is 50.3 Å². The number of aryl methyl sites for hydroxylation is 1. The Kier molecular flexibility index (Phi) is 5.76. The number of piperidine rings is 1. The Morgan fingerprint density at radius 1 is 1.45 bits per heavy atom. The molecule has 1 aliphatic heterocycles. The van der Waals surface area contributed by atoms with Crippen LogP contribution in [0.5, 0.6) is 5.88 Å². The summed E-state index contributed by atoms with van der Waals surface area (Å²) in [7, 11) is 0. The van der Waals surface area contributed by atoms with Crippen molar-refractivity contribution in [1.82, 2.24) is 19.5 Å². The fourth-order valence-electron chi connectivity index (χ4n) is 3.92. The molecular weight excluding hydrogens is 412 g/mol. The SMILES string of the molecule is CCOC(=O)[C@@H]1CCCN([C@@H](c2ccccc2Cl)c2sc3nc(C)nn3c2O)C1. The molecule has 154 valence electrons. The van der Waals surface area contributed by atoms with Gasteiger partial charge in [-0.25, -0.2) is 4.98 Å². The van der Waals surface area contributed by atoms with E-state index >= 15 is 0 Å². The standard InChI is InChI=1S/C20H23ClN4O3S/c1-3-28-19(27)13-7-6-10-24(11-13)16(14-8-4-5-9-15(14)21)17-18(26)25-20(29-17)22-12(2)23-25/h4-5,8-9,13,16,26H,3,6-7,10-11H2,1-2H3/t13-,16+/m1/s1. The number of aromatic nitrogens is 3. The molecule has 4 rings (SSSR count). The minimum absolute atomic E-state index is 0.0637. The van der Waals surface area contributed by atoms with Crippen molar-refractivity contribution in [3.05, 3.63) is 45.6 Å². The number of hydrogen-bond donors (Lipinski definition) is 1. The number of halogens is 1. The van der Waals surface area contributed by atoms with Crippen molar-refractivity contribution >= 4 is 33.9 Å². The molecule has 1 saturated heterocycles. The summed E-state index contributed by atoms with van der Waals surface area (Å²) >= 11 is 7.95. The lowest BCUT2D eigenvalue weighted by Gasteiger charge is -2.37. The molecule has 0 saturated carbocycles. The first-order valence-corrected chi connectivity index (χ1v) is 10.9. The van der Waals surface area contributed by atoms with E-state index in [9.17, 15) is 9.90 Å². The van der Waals surface area contributed by atoms with E-state index in [1.165, 1.54) is 15.9 Å². The average Bonchev–Trinajstić information content (AvgIpc) is 3.21. The first-order chi connectivity index (χ1) is 14.0. The molecule has 2 aromatic heterocycles. The molecule has 0 unspecified atom stereocenters. The molecule has 3 heterocycles. The summed E-state index contributed by atoms with van der Waals surface area (Å²) in [6.45, 7) is 5.31. The Morgan fingerprint density at radius 2 is 2.24 bits per heavy atom. The van der Waals surface area contributed by atoms with Gasteiger partial charge in [-0.2, -0.15) is 4.52 Å². The Hall–Kier alpha value is -2.16. The molecule has 0 aliphatic carbocycles. The van der Waals surface area contributed by atoms with Gasteiger partial charge in [0.15, 0.2) is 0 Å². The third kappa shape index (κ3) is 3.84. The third-order valence-electron chi connectivity index (χ3n) is 5.19. The summed E-state index contributed by atoms with van der Waals surface area (Å²) in [5, 5.41) is 15.8. The Bertz CT molecular complexity index is 1030. The maximum Gasteiger partial charge on any atom is 0.310 e. The number of benzene rings is 1. The number of carbonyl (C=O) groups excluding carboxylic acids is 1. The van der Waals surface area contributed by atoms with E-state index in [4.69, 9.17) is 16.3 Å². The van der Waals surface area contributed by atoms with Crippen LogP contribution in [-0.2, 0) is 9.53 Å². The third-order valence-corrected chi connectivity index (χ3v) is 6.61. The van der Waals surface area contributed by atoms with Crippen LogP contribution in [0.2, 0.25) is 5.02 Å². The maximum absolute atomic E-state index is 12.4. The van der Waals surface area contributed by atoms with Gasteiger partial charge in [0.25, 0.3) is 0 Å². The number of likely N-dealkylation sites (tertiary alicyclic amines) is 1. The monoisotopic (exact) mass is 434 g/mol. The topological polar surface area (TPSA) is 80.0 Å². The summed E-state index contributed by atoms with van der Waals surface area (Å²) in [6.07, 6.45) is 1.66. The van der Waals surface area contributed by atoms with Crippen LogP contribution in [0.3, 0.4) is 0 Å². The number of ether oxygens (including phenoxy) is 1. The van der Waals surface area contributed by atoms with Crippen molar-refractivity contribution in [2.45, 2.75) is 32.7 Å². The van der Waals surface area contributed by atoms with E-state index in [2.05, 4.69) is 15.0 Å². The molecular formula is C20H23ClN4O3S. The van der Waals surface area contributed by atoms with E-state index < -0.39 is 0 Å². The van der Waals surface area contributed by atoms with E-state index in [1.807, 2.05) is 31.2 Å².